The van der Waals surface area contributed by atoms with Gasteiger partial charge in [0.2, 0.25) is 11.8 Å². The molecule has 3 heterocycles. The van der Waals surface area contributed by atoms with E-state index < -0.39 is 0 Å². The summed E-state index contributed by atoms with van der Waals surface area (Å²) in [6, 6.07) is 7.71. The van der Waals surface area contributed by atoms with Crippen molar-refractivity contribution in [2.24, 2.45) is 0 Å². The van der Waals surface area contributed by atoms with Gasteiger partial charge in [-0.3, -0.25) is 19.3 Å². The van der Waals surface area contributed by atoms with Crippen molar-refractivity contribution >= 4 is 22.7 Å². The minimum atomic E-state index is -0.306. The number of nitrogens with zero attached hydrogens (tertiary/aromatic N) is 3. The van der Waals surface area contributed by atoms with Gasteiger partial charge < -0.3 is 10.6 Å². The normalized spacial score (nSPS) is 17.7. The first-order chi connectivity index (χ1) is 14.0. The smallest absolute Gasteiger partial charge is 0.226 e. The van der Waals surface area contributed by atoms with Crippen molar-refractivity contribution in [2.45, 2.75) is 38.3 Å². The van der Waals surface area contributed by atoms with Gasteiger partial charge in [-0.25, -0.2) is 4.39 Å². The van der Waals surface area contributed by atoms with Crippen LogP contribution < -0.4 is 10.6 Å². The van der Waals surface area contributed by atoms with Crippen LogP contribution in [0.1, 0.15) is 43.1 Å². The van der Waals surface area contributed by atoms with Crippen LogP contribution >= 0.6 is 0 Å². The summed E-state index contributed by atoms with van der Waals surface area (Å²) < 4.78 is 14.9. The molecule has 4 rings (SSSR count). The molecule has 2 amide bonds. The Labute approximate surface area is 167 Å². The Morgan fingerprint density at radius 2 is 2.14 bits per heavy atom. The fourth-order valence-electron chi connectivity index (χ4n) is 3.65. The monoisotopic (exact) mass is 395 g/mol. The SMILES string of the molecule is C[C@@H](NC(=O)Cc1cc2cnn(C3CCNC(=O)C3)c2cn1)c1ccc(F)cc1. The van der Waals surface area contributed by atoms with Crippen LogP contribution in [0.15, 0.2) is 42.7 Å². The molecule has 8 heteroatoms. The molecule has 0 aliphatic carbocycles. The van der Waals surface area contributed by atoms with Gasteiger partial charge in [-0.2, -0.15) is 5.10 Å². The second kappa shape index (κ2) is 7.98. The van der Waals surface area contributed by atoms with E-state index in [1.165, 1.54) is 12.1 Å². The van der Waals surface area contributed by atoms with Crippen molar-refractivity contribution in [3.63, 3.8) is 0 Å². The first-order valence-corrected chi connectivity index (χ1v) is 9.63. The highest BCUT2D eigenvalue weighted by Crippen LogP contribution is 2.24. The number of aromatic nitrogens is 3. The average molecular weight is 395 g/mol. The summed E-state index contributed by atoms with van der Waals surface area (Å²) in [6.07, 6.45) is 4.82. The van der Waals surface area contributed by atoms with Gasteiger partial charge in [-0.15, -0.1) is 0 Å². The maximum atomic E-state index is 13.0. The van der Waals surface area contributed by atoms with Gasteiger partial charge in [0, 0.05) is 18.4 Å². The van der Waals surface area contributed by atoms with Crippen LogP contribution in [0, 0.1) is 5.82 Å². The van der Waals surface area contributed by atoms with E-state index in [1.807, 2.05) is 17.7 Å². The molecule has 1 unspecified atom stereocenters. The van der Waals surface area contributed by atoms with Gasteiger partial charge in [0.1, 0.15) is 5.82 Å². The lowest BCUT2D eigenvalue weighted by atomic mass is 10.1. The summed E-state index contributed by atoms with van der Waals surface area (Å²) >= 11 is 0. The molecule has 1 saturated heterocycles. The van der Waals surface area contributed by atoms with Crippen molar-refractivity contribution in [1.82, 2.24) is 25.4 Å². The first-order valence-electron chi connectivity index (χ1n) is 9.63. The van der Waals surface area contributed by atoms with Gasteiger partial charge in [0.05, 0.1) is 42.1 Å². The zero-order valence-corrected chi connectivity index (χ0v) is 16.1. The summed E-state index contributed by atoms with van der Waals surface area (Å²) in [4.78, 5) is 28.5. The first kappa shape index (κ1) is 19.0. The number of fused-ring (bicyclic) bond motifs is 1. The standard InChI is InChI=1S/C21H22FN5O2/c1-13(14-2-4-16(22)5-3-14)26-21(29)9-17-8-15-11-25-27(19(15)12-24-17)18-6-7-23-20(28)10-18/h2-5,8,11-13,18H,6-7,9-10H2,1H3,(H,23,28)(H,26,29)/t13-,18?/m1/s1. The van der Waals surface area contributed by atoms with Gasteiger partial charge in [0.25, 0.3) is 0 Å². The Bertz CT molecular complexity index is 1050. The number of pyridine rings is 1. The molecule has 2 atom stereocenters. The average Bonchev–Trinajstić information content (AvgIpc) is 3.11. The van der Waals surface area contributed by atoms with Gasteiger partial charge in [-0.1, -0.05) is 12.1 Å². The van der Waals surface area contributed by atoms with Crippen LogP contribution in [0.5, 0.6) is 0 Å². The van der Waals surface area contributed by atoms with Crippen LogP contribution in [-0.4, -0.2) is 33.1 Å². The fraction of sp³-hybridized carbons (Fsp3) is 0.333. The number of carbonyl (C=O) groups excluding carboxylic acids is 2. The molecule has 1 fully saturated rings. The molecule has 0 saturated carbocycles. The maximum Gasteiger partial charge on any atom is 0.226 e. The number of hydrogen-bond acceptors (Lipinski definition) is 4. The number of amides is 2. The second-order valence-electron chi connectivity index (χ2n) is 7.34. The summed E-state index contributed by atoms with van der Waals surface area (Å²) in [5.41, 5.74) is 2.33. The van der Waals surface area contributed by atoms with E-state index in [-0.39, 0.29) is 36.1 Å². The van der Waals surface area contributed by atoms with Crippen molar-refractivity contribution in [1.29, 1.82) is 0 Å². The zero-order chi connectivity index (χ0) is 20.4. The summed E-state index contributed by atoms with van der Waals surface area (Å²) in [7, 11) is 0. The lowest BCUT2D eigenvalue weighted by molar-refractivity contribution is -0.123. The lowest BCUT2D eigenvalue weighted by Crippen LogP contribution is -2.34. The number of hydrogen-bond donors (Lipinski definition) is 2. The van der Waals surface area contributed by atoms with Crippen LogP contribution in [0.3, 0.4) is 0 Å². The van der Waals surface area contributed by atoms with E-state index in [1.54, 1.807) is 24.5 Å². The van der Waals surface area contributed by atoms with Crippen molar-refractivity contribution < 1.29 is 14.0 Å². The molecule has 29 heavy (non-hydrogen) atoms. The molecular weight excluding hydrogens is 373 g/mol. The van der Waals surface area contributed by atoms with Crippen LogP contribution in [-0.2, 0) is 16.0 Å². The Morgan fingerprint density at radius 3 is 2.90 bits per heavy atom. The fourth-order valence-corrected chi connectivity index (χ4v) is 3.65. The molecule has 7 nitrogen and oxygen atoms in total. The predicted octanol–water partition coefficient (Wildman–Crippen LogP) is 2.44. The Kier molecular flexibility index (Phi) is 5.24. The number of carbonyl (C=O) groups is 2. The third-order valence-electron chi connectivity index (χ3n) is 5.19. The Morgan fingerprint density at radius 1 is 1.34 bits per heavy atom. The maximum absolute atomic E-state index is 13.0. The molecule has 150 valence electrons. The van der Waals surface area contributed by atoms with Crippen LogP contribution in [0.4, 0.5) is 4.39 Å². The highest BCUT2D eigenvalue weighted by molar-refractivity contribution is 5.82. The largest absolute Gasteiger partial charge is 0.356 e. The summed E-state index contributed by atoms with van der Waals surface area (Å²) in [5, 5.41) is 11.1. The number of piperidine rings is 1. The third-order valence-corrected chi connectivity index (χ3v) is 5.19. The molecule has 0 spiro atoms. The molecule has 2 N–H and O–H groups in total. The summed E-state index contributed by atoms with van der Waals surface area (Å²) in [5.74, 6) is -0.439. The predicted molar refractivity (Wildman–Crippen MR) is 105 cm³/mol. The second-order valence-corrected chi connectivity index (χ2v) is 7.34. The highest BCUT2D eigenvalue weighted by atomic mass is 19.1. The van der Waals surface area contributed by atoms with Crippen LogP contribution in [0.25, 0.3) is 10.9 Å². The van der Waals surface area contributed by atoms with Crippen molar-refractivity contribution in [2.75, 3.05) is 6.54 Å². The number of halogens is 1. The molecule has 0 bridgehead atoms. The van der Waals surface area contributed by atoms with E-state index >= 15 is 0 Å². The number of nitrogens with one attached hydrogen (secondary N) is 2. The third kappa shape index (κ3) is 4.26. The highest BCUT2D eigenvalue weighted by Gasteiger charge is 2.23. The van der Waals surface area contributed by atoms with E-state index in [0.29, 0.717) is 18.7 Å². The molecule has 2 aromatic heterocycles. The number of rotatable bonds is 5. The number of benzene rings is 1. The topological polar surface area (TPSA) is 88.9 Å². The van der Waals surface area contributed by atoms with E-state index in [9.17, 15) is 14.0 Å². The molecule has 1 aliphatic rings. The van der Waals surface area contributed by atoms with E-state index in [2.05, 4.69) is 20.7 Å². The van der Waals surface area contributed by atoms with Crippen LogP contribution in [0.2, 0.25) is 0 Å². The van der Waals surface area contributed by atoms with E-state index in [4.69, 9.17) is 0 Å². The Hall–Kier alpha value is -3.29. The van der Waals surface area contributed by atoms with Gasteiger partial charge >= 0.3 is 0 Å². The van der Waals surface area contributed by atoms with Gasteiger partial charge in [-0.05, 0) is 37.1 Å². The minimum absolute atomic E-state index is 0.0220. The Balaban J connectivity index is 1.43. The van der Waals surface area contributed by atoms with Gasteiger partial charge in [0.15, 0.2) is 0 Å². The zero-order valence-electron chi connectivity index (χ0n) is 16.1. The quantitative estimate of drug-likeness (QED) is 0.695. The van der Waals surface area contributed by atoms with Crippen molar-refractivity contribution in [3.05, 3.63) is 59.8 Å². The molecule has 1 aliphatic heterocycles. The molecule has 1 aromatic carbocycles. The lowest BCUT2D eigenvalue weighted by Gasteiger charge is -2.23. The van der Waals surface area contributed by atoms with Crippen molar-refractivity contribution in [3.8, 4) is 0 Å². The molecule has 0 radical (unpaired) electrons. The summed E-state index contributed by atoms with van der Waals surface area (Å²) in [6.45, 7) is 2.49. The minimum Gasteiger partial charge on any atom is -0.356 e. The molecular formula is C21H22FN5O2. The molecule has 3 aromatic rings. The van der Waals surface area contributed by atoms with E-state index in [0.717, 1.165) is 22.9 Å².